The van der Waals surface area contributed by atoms with Gasteiger partial charge in [0.1, 0.15) is 11.5 Å². The summed E-state index contributed by atoms with van der Waals surface area (Å²) in [5.74, 6) is 1.52. The van der Waals surface area contributed by atoms with E-state index in [9.17, 15) is 9.59 Å². The van der Waals surface area contributed by atoms with Crippen LogP contribution in [-0.4, -0.2) is 35.3 Å². The first-order valence-corrected chi connectivity index (χ1v) is 9.55. The summed E-state index contributed by atoms with van der Waals surface area (Å²) >= 11 is 0. The number of hydrogen-bond donors (Lipinski definition) is 2. The zero-order valence-corrected chi connectivity index (χ0v) is 17.0. The standard InChI is InChI=1S/C22H24N4O4/c1-29-18-10-8-16(12-19(18)30-2)13-20-24-22(28)17(25-26-20)9-11-21(27)23-14-15-6-4-3-5-7-15/h3-8,10,12H,9,11,13-14H2,1-2H3,(H,23,27)(H,24,26,28). The van der Waals surface area contributed by atoms with E-state index in [1.54, 1.807) is 20.3 Å². The van der Waals surface area contributed by atoms with Crippen LogP contribution >= 0.6 is 0 Å². The number of nitrogens with zero attached hydrogens (tertiary/aromatic N) is 2. The molecule has 0 aliphatic rings. The number of H-pyrrole nitrogens is 1. The SMILES string of the molecule is COc1ccc(Cc2nnc(CCC(=O)NCc3ccccc3)c(=O)[nH]2)cc1OC. The van der Waals surface area contributed by atoms with Crippen LogP contribution < -0.4 is 20.3 Å². The first-order valence-electron chi connectivity index (χ1n) is 9.55. The highest BCUT2D eigenvalue weighted by atomic mass is 16.5. The van der Waals surface area contributed by atoms with Gasteiger partial charge in [-0.2, -0.15) is 0 Å². The number of amides is 1. The molecule has 1 aromatic heterocycles. The molecule has 8 heteroatoms. The molecule has 0 atom stereocenters. The largest absolute Gasteiger partial charge is 0.493 e. The molecule has 2 N–H and O–H groups in total. The van der Waals surface area contributed by atoms with E-state index in [0.717, 1.165) is 11.1 Å². The fourth-order valence-electron chi connectivity index (χ4n) is 2.94. The number of nitrogens with one attached hydrogen (secondary N) is 2. The van der Waals surface area contributed by atoms with Gasteiger partial charge in [0, 0.05) is 25.8 Å². The van der Waals surface area contributed by atoms with E-state index >= 15 is 0 Å². The number of rotatable bonds is 9. The summed E-state index contributed by atoms with van der Waals surface area (Å²) in [5.41, 5.74) is 1.81. The zero-order chi connectivity index (χ0) is 21.3. The van der Waals surface area contributed by atoms with Gasteiger partial charge in [0.2, 0.25) is 5.91 Å². The topological polar surface area (TPSA) is 106 Å². The van der Waals surface area contributed by atoms with Crippen molar-refractivity contribution in [1.29, 1.82) is 0 Å². The molecule has 30 heavy (non-hydrogen) atoms. The number of aromatic amines is 1. The van der Waals surface area contributed by atoms with E-state index in [4.69, 9.17) is 9.47 Å². The second-order valence-corrected chi connectivity index (χ2v) is 6.68. The molecule has 2 aromatic carbocycles. The number of ether oxygens (including phenoxy) is 2. The Morgan fingerprint density at radius 2 is 1.77 bits per heavy atom. The molecule has 0 unspecified atom stereocenters. The Morgan fingerprint density at radius 3 is 2.47 bits per heavy atom. The van der Waals surface area contributed by atoms with E-state index in [2.05, 4.69) is 20.5 Å². The lowest BCUT2D eigenvalue weighted by Crippen LogP contribution is -2.25. The number of hydrogen-bond acceptors (Lipinski definition) is 6. The van der Waals surface area contributed by atoms with E-state index in [1.165, 1.54) is 0 Å². The van der Waals surface area contributed by atoms with E-state index in [-0.39, 0.29) is 30.0 Å². The third-order valence-corrected chi connectivity index (χ3v) is 4.55. The van der Waals surface area contributed by atoms with Crippen molar-refractivity contribution in [3.8, 4) is 11.5 Å². The van der Waals surface area contributed by atoms with Crippen LogP contribution in [-0.2, 0) is 24.2 Å². The number of benzene rings is 2. The third-order valence-electron chi connectivity index (χ3n) is 4.55. The second kappa shape index (κ2) is 10.2. The van der Waals surface area contributed by atoms with E-state index in [1.807, 2.05) is 42.5 Å². The molecule has 1 amide bonds. The van der Waals surface area contributed by atoms with Crippen LogP contribution in [0, 0.1) is 0 Å². The highest BCUT2D eigenvalue weighted by molar-refractivity contribution is 5.76. The molecular formula is C22H24N4O4. The van der Waals surface area contributed by atoms with Crippen LogP contribution in [0.5, 0.6) is 11.5 Å². The number of carbonyl (C=O) groups excluding carboxylic acids is 1. The highest BCUT2D eigenvalue weighted by Gasteiger charge is 2.10. The summed E-state index contributed by atoms with van der Waals surface area (Å²) in [5, 5.41) is 10.9. The Balaban J connectivity index is 1.56. The highest BCUT2D eigenvalue weighted by Crippen LogP contribution is 2.28. The Kier molecular flexibility index (Phi) is 7.15. The minimum Gasteiger partial charge on any atom is -0.493 e. The molecule has 0 saturated heterocycles. The van der Waals surface area contributed by atoms with E-state index < -0.39 is 0 Å². The smallest absolute Gasteiger partial charge is 0.272 e. The van der Waals surface area contributed by atoms with Crippen molar-refractivity contribution < 1.29 is 14.3 Å². The first kappa shape index (κ1) is 21.0. The predicted molar refractivity (Wildman–Crippen MR) is 112 cm³/mol. The Morgan fingerprint density at radius 1 is 1.00 bits per heavy atom. The first-order chi connectivity index (χ1) is 14.6. The van der Waals surface area contributed by atoms with Crippen LogP contribution in [0.1, 0.15) is 29.1 Å². The molecule has 0 aliphatic carbocycles. The van der Waals surface area contributed by atoms with Crippen molar-refractivity contribution >= 4 is 5.91 Å². The lowest BCUT2D eigenvalue weighted by atomic mass is 10.1. The molecule has 0 bridgehead atoms. The second-order valence-electron chi connectivity index (χ2n) is 6.68. The van der Waals surface area contributed by atoms with Gasteiger partial charge in [0.05, 0.1) is 14.2 Å². The maximum atomic E-state index is 12.3. The van der Waals surface area contributed by atoms with Gasteiger partial charge in [-0.25, -0.2) is 0 Å². The molecule has 156 valence electrons. The average molecular weight is 408 g/mol. The molecule has 0 saturated carbocycles. The van der Waals surface area contributed by atoms with E-state index in [0.29, 0.717) is 30.3 Å². The molecule has 8 nitrogen and oxygen atoms in total. The maximum absolute atomic E-state index is 12.3. The van der Waals surface area contributed by atoms with Gasteiger partial charge < -0.3 is 19.8 Å². The molecule has 0 radical (unpaired) electrons. The quantitative estimate of drug-likeness (QED) is 0.561. The molecule has 0 fully saturated rings. The summed E-state index contributed by atoms with van der Waals surface area (Å²) in [6.45, 7) is 0.450. The van der Waals surface area contributed by atoms with Gasteiger partial charge >= 0.3 is 0 Å². The third kappa shape index (κ3) is 5.66. The number of aromatic nitrogens is 3. The summed E-state index contributed by atoms with van der Waals surface area (Å²) in [6.07, 6.45) is 0.777. The normalized spacial score (nSPS) is 10.5. The van der Waals surface area contributed by atoms with Crippen LogP contribution in [0.3, 0.4) is 0 Å². The van der Waals surface area contributed by atoms with Crippen molar-refractivity contribution in [2.24, 2.45) is 0 Å². The van der Waals surface area contributed by atoms with Crippen LogP contribution in [0.25, 0.3) is 0 Å². The summed E-state index contributed by atoms with van der Waals surface area (Å²) in [6, 6.07) is 15.1. The molecule has 3 aromatic rings. The Labute approximate surface area is 174 Å². The number of carbonyl (C=O) groups is 1. The molecule has 0 spiro atoms. The molecular weight excluding hydrogens is 384 g/mol. The summed E-state index contributed by atoms with van der Waals surface area (Å²) in [4.78, 5) is 27.1. The molecule has 3 rings (SSSR count). The van der Waals surface area contributed by atoms with Gasteiger partial charge in [-0.3, -0.25) is 9.59 Å². The van der Waals surface area contributed by atoms with Crippen molar-refractivity contribution in [3.63, 3.8) is 0 Å². The summed E-state index contributed by atoms with van der Waals surface area (Å²) < 4.78 is 10.5. The van der Waals surface area contributed by atoms with Crippen LogP contribution in [0.15, 0.2) is 53.3 Å². The number of aryl methyl sites for hydroxylation is 1. The lowest BCUT2D eigenvalue weighted by molar-refractivity contribution is -0.121. The molecule has 1 heterocycles. The van der Waals surface area contributed by atoms with Crippen LogP contribution in [0.4, 0.5) is 0 Å². The van der Waals surface area contributed by atoms with Crippen molar-refractivity contribution in [2.75, 3.05) is 14.2 Å². The lowest BCUT2D eigenvalue weighted by Gasteiger charge is -2.09. The van der Waals surface area contributed by atoms with Crippen molar-refractivity contribution in [3.05, 3.63) is 81.5 Å². The number of methoxy groups -OCH3 is 2. The Bertz CT molecular complexity index is 1050. The van der Waals surface area contributed by atoms with Crippen molar-refractivity contribution in [1.82, 2.24) is 20.5 Å². The zero-order valence-electron chi connectivity index (χ0n) is 17.0. The fourth-order valence-corrected chi connectivity index (χ4v) is 2.94. The fraction of sp³-hybridized carbons (Fsp3) is 0.273. The van der Waals surface area contributed by atoms with Gasteiger partial charge in [-0.15, -0.1) is 10.2 Å². The van der Waals surface area contributed by atoms with Gasteiger partial charge in [0.25, 0.3) is 5.56 Å². The van der Waals surface area contributed by atoms with Crippen LogP contribution in [0.2, 0.25) is 0 Å². The minimum absolute atomic E-state index is 0.144. The van der Waals surface area contributed by atoms with Gasteiger partial charge in [-0.05, 0) is 23.3 Å². The minimum atomic E-state index is -0.337. The monoisotopic (exact) mass is 408 g/mol. The van der Waals surface area contributed by atoms with Crippen molar-refractivity contribution in [2.45, 2.75) is 25.8 Å². The summed E-state index contributed by atoms with van der Waals surface area (Å²) in [7, 11) is 3.13. The maximum Gasteiger partial charge on any atom is 0.272 e. The predicted octanol–water partition coefficient (Wildman–Crippen LogP) is 2.02. The van der Waals surface area contributed by atoms with Gasteiger partial charge in [0.15, 0.2) is 11.5 Å². The Hall–Kier alpha value is -3.68. The molecule has 0 aliphatic heterocycles. The average Bonchev–Trinajstić information content (AvgIpc) is 2.77. The van der Waals surface area contributed by atoms with Gasteiger partial charge in [-0.1, -0.05) is 36.4 Å².